The molecule has 5 nitrogen and oxygen atoms in total. The number of pyridine rings is 2. The molecule has 2 rings (SSSR count). The summed E-state index contributed by atoms with van der Waals surface area (Å²) < 4.78 is 5.36. The van der Waals surface area contributed by atoms with Gasteiger partial charge in [0.05, 0.1) is 24.5 Å². The molecule has 5 heteroatoms. The molecule has 0 amide bonds. The molecule has 0 bridgehead atoms. The number of aryl methyl sites for hydroxylation is 1. The van der Waals surface area contributed by atoms with Gasteiger partial charge in [-0.05, 0) is 38.1 Å². The summed E-state index contributed by atoms with van der Waals surface area (Å²) in [7, 11) is 0. The zero-order valence-electron chi connectivity index (χ0n) is 11.2. The van der Waals surface area contributed by atoms with Crippen molar-refractivity contribution in [1.29, 1.82) is 0 Å². The molecular formula is C14H18N4O. The molecule has 0 aliphatic heterocycles. The zero-order valence-corrected chi connectivity index (χ0v) is 11.2. The number of rotatable bonds is 5. The first-order chi connectivity index (χ1) is 9.19. The fourth-order valence-corrected chi connectivity index (χ4v) is 1.68. The highest BCUT2D eigenvalue weighted by molar-refractivity contribution is 5.53. The van der Waals surface area contributed by atoms with Crippen molar-refractivity contribution in [2.45, 2.75) is 20.4 Å². The molecule has 0 spiro atoms. The number of ether oxygens (including phenoxy) is 1. The fourth-order valence-electron chi connectivity index (χ4n) is 1.68. The van der Waals surface area contributed by atoms with Crippen molar-refractivity contribution in [1.82, 2.24) is 9.97 Å². The number of aromatic nitrogens is 2. The van der Waals surface area contributed by atoms with Crippen molar-refractivity contribution in [2.75, 3.05) is 17.7 Å². The Labute approximate surface area is 112 Å². The minimum absolute atomic E-state index is 0.463. The van der Waals surface area contributed by atoms with E-state index in [0.717, 1.165) is 17.2 Å². The molecule has 0 fully saturated rings. The molecule has 0 atom stereocenters. The van der Waals surface area contributed by atoms with Crippen molar-refractivity contribution in [3.05, 3.63) is 41.7 Å². The van der Waals surface area contributed by atoms with Crippen LogP contribution < -0.4 is 15.8 Å². The summed E-state index contributed by atoms with van der Waals surface area (Å²) >= 11 is 0. The molecule has 19 heavy (non-hydrogen) atoms. The molecule has 100 valence electrons. The molecule has 2 aromatic rings. The largest absolute Gasteiger partial charge is 0.476 e. The highest BCUT2D eigenvalue weighted by atomic mass is 16.5. The first-order valence-corrected chi connectivity index (χ1v) is 6.24. The van der Waals surface area contributed by atoms with Crippen LogP contribution in [0, 0.1) is 6.92 Å². The predicted molar refractivity (Wildman–Crippen MR) is 76.1 cm³/mol. The van der Waals surface area contributed by atoms with E-state index in [-0.39, 0.29) is 0 Å². The topological polar surface area (TPSA) is 73.1 Å². The number of nitrogens with zero attached hydrogens (tertiary/aromatic N) is 2. The summed E-state index contributed by atoms with van der Waals surface area (Å²) in [6.45, 7) is 5.03. The van der Waals surface area contributed by atoms with Gasteiger partial charge in [-0.3, -0.25) is 4.98 Å². The molecule has 0 saturated heterocycles. The first kappa shape index (κ1) is 13.1. The standard InChI is InChI=1S/C14H18N4O/c1-3-19-14-12(15)7-8-13(18-14)16-9-11-6-4-5-10(2)17-11/h4-8H,3,9,15H2,1-2H3,(H,16,18). The molecule has 0 radical (unpaired) electrons. The molecule has 0 aliphatic rings. The van der Waals surface area contributed by atoms with Crippen molar-refractivity contribution in [2.24, 2.45) is 0 Å². The van der Waals surface area contributed by atoms with Crippen LogP contribution in [0.25, 0.3) is 0 Å². The highest BCUT2D eigenvalue weighted by Crippen LogP contribution is 2.20. The van der Waals surface area contributed by atoms with Crippen molar-refractivity contribution in [3.63, 3.8) is 0 Å². The maximum absolute atomic E-state index is 5.78. The summed E-state index contributed by atoms with van der Waals surface area (Å²) in [5.74, 6) is 1.19. The maximum Gasteiger partial charge on any atom is 0.239 e. The van der Waals surface area contributed by atoms with Crippen molar-refractivity contribution < 1.29 is 4.74 Å². The van der Waals surface area contributed by atoms with E-state index in [4.69, 9.17) is 10.5 Å². The van der Waals surface area contributed by atoms with E-state index in [2.05, 4.69) is 15.3 Å². The SMILES string of the molecule is CCOc1nc(NCc2cccc(C)n2)ccc1N. The van der Waals surface area contributed by atoms with Gasteiger partial charge in [0.15, 0.2) is 0 Å². The molecular weight excluding hydrogens is 240 g/mol. The van der Waals surface area contributed by atoms with Gasteiger partial charge < -0.3 is 15.8 Å². The van der Waals surface area contributed by atoms with E-state index in [9.17, 15) is 0 Å². The summed E-state index contributed by atoms with van der Waals surface area (Å²) in [6.07, 6.45) is 0. The zero-order chi connectivity index (χ0) is 13.7. The third kappa shape index (κ3) is 3.58. The quantitative estimate of drug-likeness (QED) is 0.861. The van der Waals surface area contributed by atoms with Crippen molar-refractivity contribution >= 4 is 11.5 Å². The Morgan fingerprint density at radius 2 is 2.05 bits per heavy atom. The van der Waals surface area contributed by atoms with Gasteiger partial charge in [0, 0.05) is 5.69 Å². The monoisotopic (exact) mass is 258 g/mol. The molecule has 0 aliphatic carbocycles. The number of nitrogen functional groups attached to an aromatic ring is 1. The minimum atomic E-state index is 0.463. The van der Waals surface area contributed by atoms with Gasteiger partial charge in [-0.1, -0.05) is 6.07 Å². The second kappa shape index (κ2) is 6.04. The minimum Gasteiger partial charge on any atom is -0.476 e. The second-order valence-electron chi connectivity index (χ2n) is 4.15. The average Bonchev–Trinajstić information content (AvgIpc) is 2.40. The van der Waals surface area contributed by atoms with Crippen molar-refractivity contribution in [3.8, 4) is 5.88 Å². The Bertz CT molecular complexity index is 557. The average molecular weight is 258 g/mol. The molecule has 2 aromatic heterocycles. The number of anilines is 2. The van der Waals surface area contributed by atoms with Gasteiger partial charge in [-0.15, -0.1) is 0 Å². The van der Waals surface area contributed by atoms with Gasteiger partial charge in [-0.25, -0.2) is 0 Å². The van der Waals surface area contributed by atoms with Gasteiger partial charge in [0.2, 0.25) is 5.88 Å². The van der Waals surface area contributed by atoms with Gasteiger partial charge in [-0.2, -0.15) is 4.98 Å². The number of hydrogen-bond donors (Lipinski definition) is 2. The van der Waals surface area contributed by atoms with E-state index in [1.165, 1.54) is 0 Å². The summed E-state index contributed by atoms with van der Waals surface area (Å²) in [4.78, 5) is 8.73. The molecule has 0 unspecified atom stereocenters. The molecule has 2 heterocycles. The molecule has 0 saturated carbocycles. The van der Waals surface area contributed by atoms with Crippen LogP contribution in [0.5, 0.6) is 5.88 Å². The summed E-state index contributed by atoms with van der Waals surface area (Å²) in [6, 6.07) is 9.54. The van der Waals surface area contributed by atoms with Crippen LogP contribution >= 0.6 is 0 Å². The number of hydrogen-bond acceptors (Lipinski definition) is 5. The number of nitrogens with one attached hydrogen (secondary N) is 1. The Balaban J connectivity index is 2.05. The Morgan fingerprint density at radius 3 is 2.79 bits per heavy atom. The van der Waals surface area contributed by atoms with Crippen LogP contribution in [0.1, 0.15) is 18.3 Å². The smallest absolute Gasteiger partial charge is 0.239 e. The van der Waals surface area contributed by atoms with Crippen LogP contribution in [-0.4, -0.2) is 16.6 Å². The van der Waals surface area contributed by atoms with Crippen LogP contribution in [0.2, 0.25) is 0 Å². The van der Waals surface area contributed by atoms with E-state index in [1.807, 2.05) is 38.1 Å². The summed E-state index contributed by atoms with van der Waals surface area (Å²) in [5.41, 5.74) is 8.29. The van der Waals surface area contributed by atoms with Gasteiger partial charge in [0.25, 0.3) is 0 Å². The summed E-state index contributed by atoms with van der Waals surface area (Å²) in [5, 5.41) is 3.21. The fraction of sp³-hybridized carbons (Fsp3) is 0.286. The second-order valence-corrected chi connectivity index (χ2v) is 4.15. The van der Waals surface area contributed by atoms with Crippen LogP contribution in [-0.2, 0) is 6.54 Å². The third-order valence-electron chi connectivity index (χ3n) is 2.57. The van der Waals surface area contributed by atoms with Gasteiger partial charge in [0.1, 0.15) is 5.82 Å². The Kier molecular flexibility index (Phi) is 4.18. The lowest BCUT2D eigenvalue weighted by Gasteiger charge is -2.09. The lowest BCUT2D eigenvalue weighted by Crippen LogP contribution is -2.06. The van der Waals surface area contributed by atoms with E-state index < -0.39 is 0 Å². The van der Waals surface area contributed by atoms with E-state index in [0.29, 0.717) is 24.7 Å². The Hall–Kier alpha value is -2.30. The van der Waals surface area contributed by atoms with Gasteiger partial charge >= 0.3 is 0 Å². The molecule has 3 N–H and O–H groups in total. The lowest BCUT2D eigenvalue weighted by molar-refractivity contribution is 0.329. The third-order valence-corrected chi connectivity index (χ3v) is 2.57. The highest BCUT2D eigenvalue weighted by Gasteiger charge is 2.04. The lowest BCUT2D eigenvalue weighted by atomic mass is 10.3. The van der Waals surface area contributed by atoms with Crippen LogP contribution in [0.3, 0.4) is 0 Å². The maximum atomic E-state index is 5.78. The van der Waals surface area contributed by atoms with E-state index >= 15 is 0 Å². The normalized spacial score (nSPS) is 10.2. The molecule has 0 aromatic carbocycles. The predicted octanol–water partition coefficient (Wildman–Crippen LogP) is 2.38. The van der Waals surface area contributed by atoms with Crippen LogP contribution in [0.15, 0.2) is 30.3 Å². The number of nitrogens with two attached hydrogens (primary N) is 1. The first-order valence-electron chi connectivity index (χ1n) is 6.24. The van der Waals surface area contributed by atoms with Crippen LogP contribution in [0.4, 0.5) is 11.5 Å². The Morgan fingerprint density at radius 1 is 1.21 bits per heavy atom. The van der Waals surface area contributed by atoms with E-state index in [1.54, 1.807) is 6.07 Å².